The van der Waals surface area contributed by atoms with Crippen LogP contribution in [0.4, 0.5) is 5.69 Å². The number of H-pyrrole nitrogens is 1. The van der Waals surface area contributed by atoms with Crippen LogP contribution in [0.25, 0.3) is 0 Å². The Hall–Kier alpha value is -2.57. The molecule has 5 nitrogen and oxygen atoms in total. The third-order valence-electron chi connectivity index (χ3n) is 3.44. The number of nitrogens with zero attached hydrogens (tertiary/aromatic N) is 1. The van der Waals surface area contributed by atoms with Crippen molar-refractivity contribution in [3.63, 3.8) is 0 Å². The molecule has 7 heteroatoms. The summed E-state index contributed by atoms with van der Waals surface area (Å²) < 4.78 is 0. The predicted octanol–water partition coefficient (Wildman–Crippen LogP) is 3.90. The van der Waals surface area contributed by atoms with Gasteiger partial charge in [0.1, 0.15) is 0 Å². The Kier molecular flexibility index (Phi) is 6.09. The van der Waals surface area contributed by atoms with Gasteiger partial charge in [-0.2, -0.15) is 0 Å². The van der Waals surface area contributed by atoms with Gasteiger partial charge in [-0.25, -0.2) is 4.98 Å². The third kappa shape index (κ3) is 5.47. The Morgan fingerprint density at radius 2 is 1.92 bits per heavy atom. The molecular weight excluding hydrogens is 370 g/mol. The Morgan fingerprint density at radius 1 is 1.12 bits per heavy atom. The molecule has 0 aliphatic heterocycles. The van der Waals surface area contributed by atoms with Crippen molar-refractivity contribution in [1.29, 1.82) is 0 Å². The van der Waals surface area contributed by atoms with Crippen LogP contribution in [-0.2, 0) is 17.0 Å². The minimum absolute atomic E-state index is 0.00926. The van der Waals surface area contributed by atoms with Crippen molar-refractivity contribution in [2.45, 2.75) is 17.3 Å². The van der Waals surface area contributed by atoms with Crippen LogP contribution in [0, 0.1) is 0 Å². The summed E-state index contributed by atoms with van der Waals surface area (Å²) in [4.78, 5) is 31.1. The summed E-state index contributed by atoms with van der Waals surface area (Å²) in [6, 6.07) is 18.1. The van der Waals surface area contributed by atoms with E-state index in [9.17, 15) is 9.59 Å². The van der Waals surface area contributed by atoms with E-state index in [-0.39, 0.29) is 17.9 Å². The second kappa shape index (κ2) is 8.69. The first-order chi connectivity index (χ1) is 12.6. The van der Waals surface area contributed by atoms with Gasteiger partial charge in [-0.3, -0.25) is 9.59 Å². The van der Waals surface area contributed by atoms with Gasteiger partial charge in [-0.15, -0.1) is 0 Å². The Morgan fingerprint density at radius 3 is 2.69 bits per heavy atom. The highest BCUT2D eigenvalue weighted by atomic mass is 35.5. The number of amides is 1. The largest absolute Gasteiger partial charge is 0.326 e. The third-order valence-corrected chi connectivity index (χ3v) is 4.62. The molecule has 0 atom stereocenters. The lowest BCUT2D eigenvalue weighted by Crippen LogP contribution is -2.18. The highest BCUT2D eigenvalue weighted by Crippen LogP contribution is 2.18. The van der Waals surface area contributed by atoms with Crippen molar-refractivity contribution in [1.82, 2.24) is 9.97 Å². The molecule has 0 fully saturated rings. The second-order valence-corrected chi connectivity index (χ2v) is 6.95. The van der Waals surface area contributed by atoms with E-state index in [0.717, 1.165) is 5.56 Å². The maximum atomic E-state index is 12.2. The summed E-state index contributed by atoms with van der Waals surface area (Å²) in [5.74, 6) is 0.423. The number of carbonyl (C=O) groups excluding carboxylic acids is 1. The van der Waals surface area contributed by atoms with Gasteiger partial charge in [-0.1, -0.05) is 59.8 Å². The van der Waals surface area contributed by atoms with Crippen LogP contribution in [0.2, 0.25) is 5.02 Å². The van der Waals surface area contributed by atoms with E-state index in [4.69, 9.17) is 11.6 Å². The van der Waals surface area contributed by atoms with Gasteiger partial charge in [0.15, 0.2) is 5.16 Å². The molecule has 1 aromatic heterocycles. The van der Waals surface area contributed by atoms with Gasteiger partial charge in [0.2, 0.25) is 5.91 Å². The highest BCUT2D eigenvalue weighted by molar-refractivity contribution is 7.98. The molecule has 0 saturated heterocycles. The minimum atomic E-state index is -0.277. The lowest BCUT2D eigenvalue weighted by molar-refractivity contribution is -0.115. The molecule has 1 heterocycles. The van der Waals surface area contributed by atoms with Crippen molar-refractivity contribution in [3.8, 4) is 0 Å². The zero-order valence-corrected chi connectivity index (χ0v) is 15.3. The van der Waals surface area contributed by atoms with Crippen molar-refractivity contribution in [2.24, 2.45) is 0 Å². The quantitative estimate of drug-likeness (QED) is 0.498. The van der Waals surface area contributed by atoms with Crippen LogP contribution >= 0.6 is 23.4 Å². The Bertz CT molecular complexity index is 960. The minimum Gasteiger partial charge on any atom is -0.326 e. The molecule has 0 saturated carbocycles. The molecule has 26 heavy (non-hydrogen) atoms. The zero-order valence-electron chi connectivity index (χ0n) is 13.7. The lowest BCUT2D eigenvalue weighted by atomic mass is 10.2. The molecule has 0 bridgehead atoms. The fourth-order valence-corrected chi connectivity index (χ4v) is 3.34. The molecule has 2 aromatic carbocycles. The predicted molar refractivity (Wildman–Crippen MR) is 105 cm³/mol. The normalized spacial score (nSPS) is 10.5. The number of thioether (sulfide) groups is 1. The van der Waals surface area contributed by atoms with E-state index in [1.165, 1.54) is 17.8 Å². The average Bonchev–Trinajstić information content (AvgIpc) is 2.60. The van der Waals surface area contributed by atoms with E-state index in [1.807, 2.05) is 30.3 Å². The van der Waals surface area contributed by atoms with Gasteiger partial charge in [-0.05, 0) is 23.8 Å². The molecule has 2 N–H and O–H groups in total. The van der Waals surface area contributed by atoms with E-state index in [2.05, 4.69) is 15.3 Å². The van der Waals surface area contributed by atoms with Crippen LogP contribution in [0.5, 0.6) is 0 Å². The number of anilines is 1. The first-order valence-electron chi connectivity index (χ1n) is 7.91. The van der Waals surface area contributed by atoms with Crippen molar-refractivity contribution in [3.05, 3.63) is 87.3 Å². The molecule has 0 aliphatic rings. The number of halogens is 1. The standard InChI is InChI=1S/C19H16ClN3O2S/c20-14-7-4-8-15(9-14)21-17(24)10-16-11-18(25)23-19(22-16)26-12-13-5-2-1-3-6-13/h1-9,11H,10,12H2,(H,21,24)(H,22,23,25). The first-order valence-corrected chi connectivity index (χ1v) is 9.27. The number of carbonyl (C=O) groups is 1. The molecule has 0 aliphatic carbocycles. The molecule has 0 unspecified atom stereocenters. The monoisotopic (exact) mass is 385 g/mol. The summed E-state index contributed by atoms with van der Waals surface area (Å²) in [7, 11) is 0. The van der Waals surface area contributed by atoms with Crippen molar-refractivity contribution < 1.29 is 4.79 Å². The Balaban J connectivity index is 1.65. The summed E-state index contributed by atoms with van der Waals surface area (Å²) in [6.07, 6.45) is 0.00926. The van der Waals surface area contributed by atoms with Gasteiger partial charge in [0.25, 0.3) is 5.56 Å². The number of aromatic nitrogens is 2. The molecule has 132 valence electrons. The number of hydrogen-bond donors (Lipinski definition) is 2. The van der Waals surface area contributed by atoms with E-state index in [0.29, 0.717) is 27.3 Å². The van der Waals surface area contributed by atoms with Crippen LogP contribution < -0.4 is 10.9 Å². The second-order valence-electron chi connectivity index (χ2n) is 5.55. The number of benzene rings is 2. The van der Waals surface area contributed by atoms with Gasteiger partial charge in [0.05, 0.1) is 12.1 Å². The topological polar surface area (TPSA) is 74.8 Å². The lowest BCUT2D eigenvalue weighted by Gasteiger charge is -2.06. The summed E-state index contributed by atoms with van der Waals surface area (Å²) in [6.45, 7) is 0. The fraction of sp³-hybridized carbons (Fsp3) is 0.105. The number of rotatable bonds is 6. The van der Waals surface area contributed by atoms with Gasteiger partial charge in [0, 0.05) is 22.5 Å². The number of hydrogen-bond acceptors (Lipinski definition) is 4. The molecule has 0 radical (unpaired) electrons. The van der Waals surface area contributed by atoms with E-state index >= 15 is 0 Å². The van der Waals surface area contributed by atoms with Crippen molar-refractivity contribution in [2.75, 3.05) is 5.32 Å². The van der Waals surface area contributed by atoms with Crippen LogP contribution in [-0.4, -0.2) is 15.9 Å². The maximum absolute atomic E-state index is 12.2. The molecule has 3 rings (SSSR count). The molecule has 1 amide bonds. The van der Waals surface area contributed by atoms with Gasteiger partial charge < -0.3 is 10.3 Å². The van der Waals surface area contributed by atoms with Crippen molar-refractivity contribution >= 4 is 35.0 Å². The van der Waals surface area contributed by atoms with Gasteiger partial charge >= 0.3 is 0 Å². The summed E-state index contributed by atoms with van der Waals surface area (Å²) in [5, 5.41) is 3.78. The van der Waals surface area contributed by atoms with Crippen LogP contribution in [0.15, 0.2) is 70.6 Å². The Labute approximate surface area is 159 Å². The SMILES string of the molecule is O=C(Cc1cc(=O)[nH]c(SCc2ccccc2)n1)Nc1cccc(Cl)c1. The molecule has 0 spiro atoms. The average molecular weight is 386 g/mol. The fourth-order valence-electron chi connectivity index (χ4n) is 2.30. The molecule has 3 aromatic rings. The van der Waals surface area contributed by atoms with E-state index in [1.54, 1.807) is 24.3 Å². The smallest absolute Gasteiger partial charge is 0.251 e. The summed E-state index contributed by atoms with van der Waals surface area (Å²) >= 11 is 7.32. The first kappa shape index (κ1) is 18.2. The molecular formula is C19H16ClN3O2S. The zero-order chi connectivity index (χ0) is 18.4. The summed E-state index contributed by atoms with van der Waals surface area (Å²) in [5.41, 5.74) is 1.88. The maximum Gasteiger partial charge on any atom is 0.251 e. The number of aromatic amines is 1. The van der Waals surface area contributed by atoms with Crippen LogP contribution in [0.1, 0.15) is 11.3 Å². The van der Waals surface area contributed by atoms with Crippen LogP contribution in [0.3, 0.4) is 0 Å². The highest BCUT2D eigenvalue weighted by Gasteiger charge is 2.09. The number of nitrogens with one attached hydrogen (secondary N) is 2. The van der Waals surface area contributed by atoms with E-state index < -0.39 is 0 Å².